The normalized spacial score (nSPS) is 16.5. The molecule has 1 saturated heterocycles. The number of aromatic nitrogens is 3. The van der Waals surface area contributed by atoms with Crippen molar-refractivity contribution >= 4 is 22.9 Å². The number of aryl methyl sites for hydroxylation is 2. The quantitative estimate of drug-likeness (QED) is 0.717. The predicted molar refractivity (Wildman–Crippen MR) is 113 cm³/mol. The fraction of sp³-hybridized carbons (Fsp3) is 0.409. The first kappa shape index (κ1) is 19.4. The van der Waals surface area contributed by atoms with Gasteiger partial charge in [-0.2, -0.15) is 0 Å². The number of likely N-dealkylation sites (tertiary alicyclic amines) is 1. The second-order valence-electron chi connectivity index (χ2n) is 7.62. The van der Waals surface area contributed by atoms with Crippen LogP contribution in [0.3, 0.4) is 0 Å². The third kappa shape index (κ3) is 3.96. The van der Waals surface area contributed by atoms with Gasteiger partial charge in [-0.05, 0) is 55.7 Å². The van der Waals surface area contributed by atoms with Crippen molar-refractivity contribution in [1.29, 1.82) is 0 Å². The Morgan fingerprint density at radius 2 is 2.14 bits per heavy atom. The van der Waals surface area contributed by atoms with E-state index < -0.39 is 0 Å². The SMILES string of the molecule is COCCn1c([C@H]2CCN(C(=O)Nc3ccc(C)c(C)c3)C2)nc2cccnc21. The monoisotopic (exact) mass is 393 g/mol. The Balaban J connectivity index is 1.50. The van der Waals surface area contributed by atoms with Crippen molar-refractivity contribution in [1.82, 2.24) is 19.4 Å². The Kier molecular flexibility index (Phi) is 5.49. The third-order valence-electron chi connectivity index (χ3n) is 5.65. The number of carbonyl (C=O) groups excluding carboxylic acids is 1. The van der Waals surface area contributed by atoms with Crippen LogP contribution in [0.4, 0.5) is 10.5 Å². The van der Waals surface area contributed by atoms with Crippen LogP contribution in [0.2, 0.25) is 0 Å². The van der Waals surface area contributed by atoms with Crippen molar-refractivity contribution in [3.05, 3.63) is 53.5 Å². The van der Waals surface area contributed by atoms with Crippen LogP contribution < -0.4 is 5.32 Å². The number of hydrogen-bond acceptors (Lipinski definition) is 4. The van der Waals surface area contributed by atoms with Gasteiger partial charge in [-0.15, -0.1) is 0 Å². The Morgan fingerprint density at radius 3 is 2.93 bits per heavy atom. The van der Waals surface area contributed by atoms with E-state index in [2.05, 4.69) is 28.7 Å². The van der Waals surface area contributed by atoms with E-state index in [1.165, 1.54) is 11.1 Å². The summed E-state index contributed by atoms with van der Waals surface area (Å²) in [7, 11) is 1.70. The maximum atomic E-state index is 12.8. The zero-order chi connectivity index (χ0) is 20.4. The lowest BCUT2D eigenvalue weighted by Crippen LogP contribution is -2.33. The largest absolute Gasteiger partial charge is 0.383 e. The van der Waals surface area contributed by atoms with Crippen LogP contribution in [-0.4, -0.2) is 52.3 Å². The lowest BCUT2D eigenvalue weighted by molar-refractivity contribution is 0.186. The molecule has 0 bridgehead atoms. The molecule has 0 spiro atoms. The van der Waals surface area contributed by atoms with Crippen LogP contribution in [0, 0.1) is 13.8 Å². The first-order valence-electron chi connectivity index (χ1n) is 10.00. The number of amides is 2. The number of ether oxygens (including phenoxy) is 1. The van der Waals surface area contributed by atoms with E-state index >= 15 is 0 Å². The van der Waals surface area contributed by atoms with Crippen LogP contribution in [-0.2, 0) is 11.3 Å². The lowest BCUT2D eigenvalue weighted by Gasteiger charge is -2.18. The minimum atomic E-state index is -0.0616. The number of anilines is 1. The van der Waals surface area contributed by atoms with Crippen molar-refractivity contribution in [3.63, 3.8) is 0 Å². The number of hydrogen-bond donors (Lipinski definition) is 1. The molecule has 3 heterocycles. The number of rotatable bonds is 5. The molecular formula is C22H27N5O2. The number of imidazole rings is 1. The number of pyridine rings is 1. The highest BCUT2D eigenvalue weighted by molar-refractivity contribution is 5.89. The number of nitrogens with one attached hydrogen (secondary N) is 1. The van der Waals surface area contributed by atoms with Crippen LogP contribution in [0.15, 0.2) is 36.5 Å². The summed E-state index contributed by atoms with van der Waals surface area (Å²) >= 11 is 0. The number of urea groups is 1. The number of benzene rings is 1. The minimum Gasteiger partial charge on any atom is -0.383 e. The summed E-state index contributed by atoms with van der Waals surface area (Å²) in [6.07, 6.45) is 2.67. The van der Waals surface area contributed by atoms with Gasteiger partial charge in [0.1, 0.15) is 11.3 Å². The highest BCUT2D eigenvalue weighted by Gasteiger charge is 2.31. The molecule has 1 atom stereocenters. The predicted octanol–water partition coefficient (Wildman–Crippen LogP) is 3.72. The lowest BCUT2D eigenvalue weighted by atomic mass is 10.1. The van der Waals surface area contributed by atoms with Gasteiger partial charge in [0.15, 0.2) is 5.65 Å². The molecule has 4 rings (SSSR count). The highest BCUT2D eigenvalue weighted by atomic mass is 16.5. The number of methoxy groups -OCH3 is 1. The second kappa shape index (κ2) is 8.21. The molecule has 7 nitrogen and oxygen atoms in total. The summed E-state index contributed by atoms with van der Waals surface area (Å²) in [5, 5.41) is 3.03. The molecule has 29 heavy (non-hydrogen) atoms. The van der Waals surface area contributed by atoms with E-state index in [1.54, 1.807) is 13.3 Å². The van der Waals surface area contributed by atoms with E-state index in [-0.39, 0.29) is 11.9 Å². The zero-order valence-corrected chi connectivity index (χ0v) is 17.2. The molecule has 152 valence electrons. The van der Waals surface area contributed by atoms with Gasteiger partial charge in [-0.25, -0.2) is 14.8 Å². The molecule has 1 fully saturated rings. The van der Waals surface area contributed by atoms with Crippen molar-refractivity contribution in [2.24, 2.45) is 0 Å². The molecule has 0 unspecified atom stereocenters. The maximum absolute atomic E-state index is 12.8. The smallest absolute Gasteiger partial charge is 0.321 e. The molecule has 1 aromatic carbocycles. The number of carbonyl (C=O) groups is 1. The van der Waals surface area contributed by atoms with E-state index in [0.29, 0.717) is 26.2 Å². The van der Waals surface area contributed by atoms with Crippen molar-refractivity contribution < 1.29 is 9.53 Å². The molecule has 1 aliphatic rings. The first-order chi connectivity index (χ1) is 14.1. The molecule has 7 heteroatoms. The maximum Gasteiger partial charge on any atom is 0.321 e. The van der Waals surface area contributed by atoms with E-state index in [0.717, 1.165) is 29.1 Å². The molecular weight excluding hydrogens is 366 g/mol. The Bertz CT molecular complexity index is 1030. The van der Waals surface area contributed by atoms with Gasteiger partial charge in [-0.1, -0.05) is 6.07 Å². The third-order valence-corrected chi connectivity index (χ3v) is 5.65. The topological polar surface area (TPSA) is 72.3 Å². The molecule has 2 aromatic heterocycles. The van der Waals surface area contributed by atoms with Gasteiger partial charge < -0.3 is 19.5 Å². The van der Waals surface area contributed by atoms with Crippen molar-refractivity contribution in [3.8, 4) is 0 Å². The molecule has 0 aliphatic carbocycles. The van der Waals surface area contributed by atoms with Crippen LogP contribution >= 0.6 is 0 Å². The Morgan fingerprint density at radius 1 is 1.28 bits per heavy atom. The molecule has 2 amide bonds. The molecule has 1 N–H and O–H groups in total. The minimum absolute atomic E-state index is 0.0616. The number of fused-ring (bicyclic) bond motifs is 1. The summed E-state index contributed by atoms with van der Waals surface area (Å²) in [4.78, 5) is 24.0. The Labute approximate surface area is 170 Å². The second-order valence-corrected chi connectivity index (χ2v) is 7.62. The molecule has 1 aliphatic heterocycles. The summed E-state index contributed by atoms with van der Waals surface area (Å²) in [5.41, 5.74) is 4.97. The van der Waals surface area contributed by atoms with Gasteiger partial charge in [0.2, 0.25) is 0 Å². The van der Waals surface area contributed by atoms with Gasteiger partial charge in [0, 0.05) is 44.5 Å². The van der Waals surface area contributed by atoms with Gasteiger partial charge >= 0.3 is 6.03 Å². The van der Waals surface area contributed by atoms with Gasteiger partial charge in [0.05, 0.1) is 6.61 Å². The van der Waals surface area contributed by atoms with E-state index in [9.17, 15) is 4.79 Å². The Hall–Kier alpha value is -2.93. The van der Waals surface area contributed by atoms with Gasteiger partial charge in [-0.3, -0.25) is 0 Å². The van der Waals surface area contributed by atoms with Crippen molar-refractivity contribution in [2.45, 2.75) is 32.7 Å². The molecule has 0 radical (unpaired) electrons. The fourth-order valence-corrected chi connectivity index (χ4v) is 3.87. The van der Waals surface area contributed by atoms with Crippen LogP contribution in [0.25, 0.3) is 11.2 Å². The highest BCUT2D eigenvalue weighted by Crippen LogP contribution is 2.29. The molecule has 3 aromatic rings. The number of nitrogens with zero attached hydrogens (tertiary/aromatic N) is 4. The average Bonchev–Trinajstić information content (AvgIpc) is 3.34. The summed E-state index contributed by atoms with van der Waals surface area (Å²) in [5.74, 6) is 1.17. The molecule has 0 saturated carbocycles. The van der Waals surface area contributed by atoms with E-state index in [1.807, 2.05) is 35.2 Å². The summed E-state index contributed by atoms with van der Waals surface area (Å²) in [6.45, 7) is 6.77. The van der Waals surface area contributed by atoms with Gasteiger partial charge in [0.25, 0.3) is 0 Å². The van der Waals surface area contributed by atoms with Crippen molar-refractivity contribution in [2.75, 3.05) is 32.1 Å². The van der Waals surface area contributed by atoms with E-state index in [4.69, 9.17) is 9.72 Å². The summed E-state index contributed by atoms with van der Waals surface area (Å²) in [6, 6.07) is 9.81. The fourth-order valence-electron chi connectivity index (χ4n) is 3.87. The summed E-state index contributed by atoms with van der Waals surface area (Å²) < 4.78 is 7.41. The standard InChI is InChI=1S/C22H27N5O2/c1-15-6-7-18(13-16(15)2)24-22(28)26-10-8-17(14-26)20-25-19-5-4-9-23-21(19)27(20)11-12-29-3/h4-7,9,13,17H,8,10-12,14H2,1-3H3,(H,24,28)/t17-/m0/s1. The zero-order valence-electron chi connectivity index (χ0n) is 17.2. The van der Waals surface area contributed by atoms with Crippen LogP contribution in [0.5, 0.6) is 0 Å². The first-order valence-corrected chi connectivity index (χ1v) is 10.00. The van der Waals surface area contributed by atoms with Crippen LogP contribution in [0.1, 0.15) is 29.3 Å². The average molecular weight is 393 g/mol.